The molecule has 4 rings (SSSR count). The highest BCUT2D eigenvalue weighted by Crippen LogP contribution is 2.40. The van der Waals surface area contributed by atoms with Gasteiger partial charge in [0.1, 0.15) is 5.82 Å². The van der Waals surface area contributed by atoms with Gasteiger partial charge in [0.2, 0.25) is 0 Å². The number of aliphatic carboxylic acids is 1. The summed E-state index contributed by atoms with van der Waals surface area (Å²) in [7, 11) is 0. The number of nitrogens with zero attached hydrogens (tertiary/aromatic N) is 3. The van der Waals surface area contributed by atoms with Crippen molar-refractivity contribution < 1.29 is 18.7 Å². The fraction of sp³-hybridized carbons (Fsp3) is 0.375. The Morgan fingerprint density at radius 1 is 1.29 bits per heavy atom. The van der Waals surface area contributed by atoms with Gasteiger partial charge in [-0.3, -0.25) is 14.8 Å². The number of rotatable bonds is 7. The molecule has 0 spiro atoms. The van der Waals surface area contributed by atoms with Crippen LogP contribution in [0.4, 0.5) is 20.4 Å². The average molecular weight is 524 g/mol. The summed E-state index contributed by atoms with van der Waals surface area (Å²) in [6.45, 7) is 4.47. The molecule has 1 aliphatic heterocycles. The molecular formula is C24H25Cl2F2N5O2. The number of carboxylic acid groups (broad SMARTS) is 1. The number of halogens is 4. The van der Waals surface area contributed by atoms with Crippen molar-refractivity contribution in [2.75, 3.05) is 11.9 Å². The van der Waals surface area contributed by atoms with Gasteiger partial charge in [0.15, 0.2) is 17.5 Å². The van der Waals surface area contributed by atoms with Gasteiger partial charge in [-0.25, -0.2) is 13.8 Å². The van der Waals surface area contributed by atoms with Gasteiger partial charge in [-0.15, -0.1) is 0 Å². The Labute approximate surface area is 211 Å². The van der Waals surface area contributed by atoms with E-state index in [1.165, 1.54) is 12.1 Å². The third kappa shape index (κ3) is 5.42. The number of carboxylic acids is 1. The van der Waals surface area contributed by atoms with Crippen molar-refractivity contribution >= 4 is 40.8 Å². The SMILES string of the molecule is Cc1cc(Nc2nc(C[C@@]3(C(=O)O)CCN(Cc4cccc(Cl)c4F)[C@H](C)C3)cc(Cl)c2F)n[nH]1. The summed E-state index contributed by atoms with van der Waals surface area (Å²) in [5, 5.41) is 19.6. The minimum Gasteiger partial charge on any atom is -0.481 e. The second-order valence-electron chi connectivity index (χ2n) is 9.07. The molecule has 35 heavy (non-hydrogen) atoms. The second kappa shape index (κ2) is 10.1. The Morgan fingerprint density at radius 2 is 2.06 bits per heavy atom. The third-order valence-corrected chi connectivity index (χ3v) is 7.05. The lowest BCUT2D eigenvalue weighted by atomic mass is 9.72. The molecule has 1 aromatic carbocycles. The number of aromatic nitrogens is 3. The molecule has 2 aromatic heterocycles. The number of anilines is 2. The van der Waals surface area contributed by atoms with E-state index in [1.807, 2.05) is 11.8 Å². The van der Waals surface area contributed by atoms with Crippen molar-refractivity contribution in [1.29, 1.82) is 0 Å². The number of nitrogens with one attached hydrogen (secondary N) is 2. The number of hydrogen-bond donors (Lipinski definition) is 3. The van der Waals surface area contributed by atoms with Crippen molar-refractivity contribution in [2.24, 2.45) is 5.41 Å². The van der Waals surface area contributed by atoms with Crippen LogP contribution in [0.15, 0.2) is 30.3 Å². The van der Waals surface area contributed by atoms with Gasteiger partial charge < -0.3 is 10.4 Å². The van der Waals surface area contributed by atoms with E-state index < -0.39 is 23.0 Å². The average Bonchev–Trinajstić information content (AvgIpc) is 3.21. The number of aromatic amines is 1. The summed E-state index contributed by atoms with van der Waals surface area (Å²) in [5.41, 5.74) is 0.467. The number of benzene rings is 1. The van der Waals surface area contributed by atoms with Gasteiger partial charge >= 0.3 is 5.97 Å². The molecule has 2 atom stereocenters. The van der Waals surface area contributed by atoms with E-state index in [-0.39, 0.29) is 28.3 Å². The zero-order chi connectivity index (χ0) is 25.3. The van der Waals surface area contributed by atoms with Crippen LogP contribution in [0, 0.1) is 24.0 Å². The standard InChI is InChI=1S/C24H25Cl2F2N5O2/c1-13-8-19(32-31-13)30-22-21(28)18(26)9-16(29-22)11-24(23(34)35)6-7-33(14(2)10-24)12-15-4-3-5-17(25)20(15)27/h3-5,8-9,14H,6-7,10-12H2,1-2H3,(H,34,35)(H2,29,30,31,32)/t14-,24-/m1/s1. The molecule has 0 amide bonds. The number of pyridine rings is 1. The maximum atomic E-state index is 14.6. The molecule has 7 nitrogen and oxygen atoms in total. The largest absolute Gasteiger partial charge is 0.481 e. The molecule has 3 N–H and O–H groups in total. The first-order valence-corrected chi connectivity index (χ1v) is 11.9. The van der Waals surface area contributed by atoms with Gasteiger partial charge in [0.05, 0.1) is 15.5 Å². The first-order valence-electron chi connectivity index (χ1n) is 11.1. The van der Waals surface area contributed by atoms with Gasteiger partial charge in [0.25, 0.3) is 0 Å². The molecule has 1 fully saturated rings. The first-order chi connectivity index (χ1) is 16.6. The van der Waals surface area contributed by atoms with Gasteiger partial charge in [-0.05, 0) is 45.4 Å². The lowest BCUT2D eigenvalue weighted by Gasteiger charge is -2.43. The maximum absolute atomic E-state index is 14.6. The first kappa shape index (κ1) is 25.3. The van der Waals surface area contributed by atoms with Crippen LogP contribution in [0.2, 0.25) is 10.0 Å². The molecule has 0 radical (unpaired) electrons. The zero-order valence-electron chi connectivity index (χ0n) is 19.2. The minimum atomic E-state index is -1.13. The fourth-order valence-electron chi connectivity index (χ4n) is 4.60. The zero-order valence-corrected chi connectivity index (χ0v) is 20.7. The van der Waals surface area contributed by atoms with Gasteiger partial charge in [-0.2, -0.15) is 5.10 Å². The van der Waals surface area contributed by atoms with E-state index in [0.29, 0.717) is 43.0 Å². The number of hydrogen-bond acceptors (Lipinski definition) is 5. The highest BCUT2D eigenvalue weighted by atomic mass is 35.5. The summed E-state index contributed by atoms with van der Waals surface area (Å²) in [6, 6.07) is 7.75. The van der Waals surface area contributed by atoms with Crippen molar-refractivity contribution in [3.63, 3.8) is 0 Å². The fourth-order valence-corrected chi connectivity index (χ4v) is 5.01. The molecule has 0 aliphatic carbocycles. The van der Waals surface area contributed by atoms with Crippen LogP contribution >= 0.6 is 23.2 Å². The number of likely N-dealkylation sites (tertiary alicyclic amines) is 1. The summed E-state index contributed by atoms with van der Waals surface area (Å²) in [4.78, 5) is 18.8. The monoisotopic (exact) mass is 523 g/mol. The Bertz CT molecular complexity index is 1250. The van der Waals surface area contributed by atoms with Gasteiger partial charge in [-0.1, -0.05) is 35.3 Å². The minimum absolute atomic E-state index is 0.0562. The Hall–Kier alpha value is -2.75. The lowest BCUT2D eigenvalue weighted by molar-refractivity contribution is -0.153. The van der Waals surface area contributed by atoms with Crippen molar-refractivity contribution in [2.45, 2.75) is 45.7 Å². The summed E-state index contributed by atoms with van der Waals surface area (Å²) >= 11 is 12.0. The van der Waals surface area contributed by atoms with Crippen LogP contribution in [0.3, 0.4) is 0 Å². The van der Waals surface area contributed by atoms with E-state index in [9.17, 15) is 18.7 Å². The normalized spacial score (nSPS) is 20.7. The molecule has 0 unspecified atom stereocenters. The van der Waals surface area contributed by atoms with Crippen molar-refractivity contribution in [3.05, 3.63) is 69.0 Å². The molecule has 11 heteroatoms. The topological polar surface area (TPSA) is 94.1 Å². The van der Waals surface area contributed by atoms with E-state index in [2.05, 4.69) is 20.5 Å². The van der Waals surface area contributed by atoms with Crippen LogP contribution in [0.5, 0.6) is 0 Å². The highest BCUT2D eigenvalue weighted by molar-refractivity contribution is 6.31. The molecule has 0 saturated carbocycles. The lowest BCUT2D eigenvalue weighted by Crippen LogP contribution is -2.49. The van der Waals surface area contributed by atoms with E-state index >= 15 is 0 Å². The summed E-state index contributed by atoms with van der Waals surface area (Å²) in [6.07, 6.45) is 0.690. The van der Waals surface area contributed by atoms with E-state index in [4.69, 9.17) is 23.2 Å². The smallest absolute Gasteiger partial charge is 0.310 e. The van der Waals surface area contributed by atoms with E-state index in [0.717, 1.165) is 5.69 Å². The molecule has 186 valence electrons. The molecule has 1 aliphatic rings. The van der Waals surface area contributed by atoms with Crippen LogP contribution in [0.25, 0.3) is 0 Å². The Balaban J connectivity index is 1.54. The Kier molecular flexibility index (Phi) is 7.30. The number of H-pyrrole nitrogens is 1. The van der Waals surface area contributed by atoms with Gasteiger partial charge in [0, 0.05) is 42.0 Å². The summed E-state index contributed by atoms with van der Waals surface area (Å²) in [5.74, 6) is -1.93. The number of piperidine rings is 1. The van der Waals surface area contributed by atoms with E-state index in [1.54, 1.807) is 25.1 Å². The van der Waals surface area contributed by atoms with Crippen LogP contribution < -0.4 is 5.32 Å². The van der Waals surface area contributed by atoms with Crippen LogP contribution in [0.1, 0.15) is 36.7 Å². The molecule has 3 aromatic rings. The Morgan fingerprint density at radius 3 is 2.71 bits per heavy atom. The predicted octanol–water partition coefficient (Wildman–Crippen LogP) is 5.74. The second-order valence-corrected chi connectivity index (χ2v) is 9.88. The number of carbonyl (C=O) groups is 1. The predicted molar refractivity (Wildman–Crippen MR) is 130 cm³/mol. The molecule has 0 bridgehead atoms. The molecule has 3 heterocycles. The number of aryl methyl sites for hydroxylation is 1. The van der Waals surface area contributed by atoms with Crippen molar-refractivity contribution in [3.8, 4) is 0 Å². The van der Waals surface area contributed by atoms with Crippen LogP contribution in [-0.2, 0) is 17.8 Å². The quantitative estimate of drug-likeness (QED) is 0.365. The molecule has 1 saturated heterocycles. The van der Waals surface area contributed by atoms with Crippen LogP contribution in [-0.4, -0.2) is 43.7 Å². The third-order valence-electron chi connectivity index (χ3n) is 6.48. The highest BCUT2D eigenvalue weighted by Gasteiger charge is 2.45. The van der Waals surface area contributed by atoms with Crippen molar-refractivity contribution in [1.82, 2.24) is 20.1 Å². The maximum Gasteiger partial charge on any atom is 0.310 e. The summed E-state index contributed by atoms with van der Waals surface area (Å²) < 4.78 is 29.0. The molecular weight excluding hydrogens is 499 g/mol.